The lowest BCUT2D eigenvalue weighted by atomic mass is 9.80. The second-order valence-electron chi connectivity index (χ2n) is 11.9. The van der Waals surface area contributed by atoms with Crippen molar-refractivity contribution in [1.82, 2.24) is 29.8 Å². The standard InChI is InChI=1S/C29H39FN8O2/c1-15(2)20-12-22(32-13-21(20)30)28-37-26-23(38(28)14-18-10-8-16(3)9-11-18)25(33-17(4)19-6-5-7-19)35-27(36-26)24(31)34-29(39)40/h12-13,15-19H,5-11,14H2,1-4H3,(H2,31,34)(H,39,40)(H,33,35,36)/t16-,17-,18-/m1/s1. The molecule has 3 aromatic heterocycles. The van der Waals surface area contributed by atoms with Gasteiger partial charge in [-0.15, -0.1) is 0 Å². The number of amidine groups is 1. The van der Waals surface area contributed by atoms with Crippen molar-refractivity contribution in [3.05, 3.63) is 29.5 Å². The van der Waals surface area contributed by atoms with E-state index in [1.54, 1.807) is 6.07 Å². The van der Waals surface area contributed by atoms with E-state index in [4.69, 9.17) is 10.4 Å². The molecule has 0 spiro atoms. The van der Waals surface area contributed by atoms with Gasteiger partial charge in [-0.2, -0.15) is 0 Å². The molecule has 0 aliphatic heterocycles. The normalized spacial score (nSPS) is 20.4. The number of amides is 1. The molecule has 40 heavy (non-hydrogen) atoms. The van der Waals surface area contributed by atoms with Crippen LogP contribution in [0.4, 0.5) is 15.0 Å². The van der Waals surface area contributed by atoms with E-state index in [1.807, 2.05) is 13.8 Å². The van der Waals surface area contributed by atoms with Crippen molar-refractivity contribution in [2.45, 2.75) is 91.1 Å². The highest BCUT2D eigenvalue weighted by molar-refractivity contribution is 6.03. The molecule has 3 aromatic rings. The molecule has 1 amide bonds. The Labute approximate surface area is 233 Å². The van der Waals surface area contributed by atoms with Gasteiger partial charge in [0.15, 0.2) is 28.9 Å². The predicted molar refractivity (Wildman–Crippen MR) is 152 cm³/mol. The van der Waals surface area contributed by atoms with Crippen LogP contribution in [0.15, 0.2) is 12.3 Å². The number of carboxylic acid groups (broad SMARTS) is 1. The van der Waals surface area contributed by atoms with Crippen molar-refractivity contribution in [3.8, 4) is 11.5 Å². The van der Waals surface area contributed by atoms with Crippen molar-refractivity contribution >= 4 is 28.9 Å². The average Bonchev–Trinajstić information content (AvgIpc) is 3.22. The van der Waals surface area contributed by atoms with Crippen LogP contribution in [0.1, 0.15) is 89.9 Å². The molecule has 0 bridgehead atoms. The van der Waals surface area contributed by atoms with Crippen LogP contribution in [0, 0.1) is 29.0 Å². The maximum atomic E-state index is 14.6. The third-order valence-electron chi connectivity index (χ3n) is 8.59. The minimum absolute atomic E-state index is 0.0334. The van der Waals surface area contributed by atoms with E-state index in [0.717, 1.165) is 25.7 Å². The van der Waals surface area contributed by atoms with Gasteiger partial charge in [-0.25, -0.2) is 29.1 Å². The topological polar surface area (TPSA) is 142 Å². The van der Waals surface area contributed by atoms with E-state index in [1.165, 1.54) is 25.5 Å². The lowest BCUT2D eigenvalue weighted by molar-refractivity contribution is 0.200. The summed E-state index contributed by atoms with van der Waals surface area (Å²) in [4.78, 5) is 29.8. The summed E-state index contributed by atoms with van der Waals surface area (Å²) in [7, 11) is 0. The van der Waals surface area contributed by atoms with Crippen molar-refractivity contribution in [2.24, 2.45) is 17.8 Å². The molecule has 2 fully saturated rings. The van der Waals surface area contributed by atoms with Crippen molar-refractivity contribution in [3.63, 3.8) is 0 Å². The number of halogens is 1. The fourth-order valence-corrected chi connectivity index (χ4v) is 5.85. The van der Waals surface area contributed by atoms with Gasteiger partial charge in [0.05, 0.1) is 6.20 Å². The number of imidazole rings is 1. The fourth-order valence-electron chi connectivity index (χ4n) is 5.85. The molecular weight excluding hydrogens is 511 g/mol. The predicted octanol–water partition coefficient (Wildman–Crippen LogP) is 6.17. The second kappa shape index (κ2) is 11.5. The Kier molecular flexibility index (Phi) is 8.00. The first kappa shape index (κ1) is 27.9. The Bertz CT molecular complexity index is 1410. The van der Waals surface area contributed by atoms with Gasteiger partial charge in [-0.05, 0) is 67.9 Å². The van der Waals surface area contributed by atoms with Crippen LogP contribution in [0.5, 0.6) is 0 Å². The SMILES string of the molecule is CC(C)c1cc(-c2nc3nc(C(=N)NC(=O)O)nc(N[C@H](C)C4CCC4)c3n2C[C@H]2CC[C@H](C)CC2)ncc1F. The molecule has 1 atom stereocenters. The monoisotopic (exact) mass is 550 g/mol. The van der Waals surface area contributed by atoms with E-state index < -0.39 is 11.9 Å². The lowest BCUT2D eigenvalue weighted by Gasteiger charge is -2.32. The smallest absolute Gasteiger partial charge is 0.410 e. The van der Waals surface area contributed by atoms with Gasteiger partial charge < -0.3 is 15.0 Å². The third kappa shape index (κ3) is 5.78. The maximum Gasteiger partial charge on any atom is 0.410 e. The van der Waals surface area contributed by atoms with Gasteiger partial charge in [0.25, 0.3) is 0 Å². The van der Waals surface area contributed by atoms with Gasteiger partial charge in [-0.1, -0.05) is 40.0 Å². The highest BCUT2D eigenvalue weighted by Crippen LogP contribution is 2.36. The number of pyridine rings is 1. The average molecular weight is 551 g/mol. The van der Waals surface area contributed by atoms with Crippen molar-refractivity contribution < 1.29 is 14.3 Å². The molecule has 10 nitrogen and oxygen atoms in total. The zero-order chi connectivity index (χ0) is 28.6. The number of nitrogens with one attached hydrogen (secondary N) is 3. The van der Waals surface area contributed by atoms with Crippen LogP contribution in [0.3, 0.4) is 0 Å². The van der Waals surface area contributed by atoms with Crippen LogP contribution in [-0.4, -0.2) is 47.6 Å². The summed E-state index contributed by atoms with van der Waals surface area (Å²) >= 11 is 0. The largest absolute Gasteiger partial charge is 0.465 e. The van der Waals surface area contributed by atoms with E-state index in [0.29, 0.717) is 58.4 Å². The summed E-state index contributed by atoms with van der Waals surface area (Å²) < 4.78 is 16.7. The zero-order valence-electron chi connectivity index (χ0n) is 23.7. The van der Waals surface area contributed by atoms with Crippen LogP contribution in [-0.2, 0) is 6.54 Å². The molecule has 214 valence electrons. The number of rotatable bonds is 8. The van der Waals surface area contributed by atoms with Crippen LogP contribution in [0.2, 0.25) is 0 Å². The Morgan fingerprint density at radius 2 is 1.88 bits per heavy atom. The fraction of sp³-hybridized carbons (Fsp3) is 0.586. The van der Waals surface area contributed by atoms with Gasteiger partial charge in [0, 0.05) is 12.6 Å². The van der Waals surface area contributed by atoms with Gasteiger partial charge in [0.2, 0.25) is 0 Å². The summed E-state index contributed by atoms with van der Waals surface area (Å²) in [5.41, 5.74) is 2.15. The first-order valence-electron chi connectivity index (χ1n) is 14.4. The number of fused-ring (bicyclic) bond motifs is 1. The lowest BCUT2D eigenvalue weighted by Crippen LogP contribution is -2.33. The van der Waals surface area contributed by atoms with E-state index in [2.05, 4.69) is 44.0 Å². The zero-order valence-corrected chi connectivity index (χ0v) is 23.7. The summed E-state index contributed by atoms with van der Waals surface area (Å²) in [5.74, 6) is 1.87. The number of anilines is 1. The van der Waals surface area contributed by atoms with E-state index in [9.17, 15) is 14.3 Å². The molecule has 11 heteroatoms. The molecule has 5 rings (SSSR count). The number of hydrogen-bond acceptors (Lipinski definition) is 7. The van der Waals surface area contributed by atoms with E-state index >= 15 is 0 Å². The Morgan fingerprint density at radius 3 is 2.50 bits per heavy atom. The third-order valence-corrected chi connectivity index (χ3v) is 8.59. The molecule has 2 aliphatic carbocycles. The number of nitrogens with zero attached hydrogens (tertiary/aromatic N) is 5. The first-order chi connectivity index (χ1) is 19.1. The van der Waals surface area contributed by atoms with Gasteiger partial charge >= 0.3 is 6.09 Å². The minimum atomic E-state index is -1.36. The molecule has 4 N–H and O–H groups in total. The molecule has 0 unspecified atom stereocenters. The molecule has 0 saturated heterocycles. The minimum Gasteiger partial charge on any atom is -0.465 e. The molecule has 2 aliphatic rings. The molecule has 2 saturated carbocycles. The molecule has 0 radical (unpaired) electrons. The highest BCUT2D eigenvalue weighted by Gasteiger charge is 2.29. The highest BCUT2D eigenvalue weighted by atomic mass is 19.1. The van der Waals surface area contributed by atoms with Crippen molar-refractivity contribution in [1.29, 1.82) is 5.41 Å². The van der Waals surface area contributed by atoms with Crippen LogP contribution in [0.25, 0.3) is 22.7 Å². The molecular formula is C29H39FN8O2. The summed E-state index contributed by atoms with van der Waals surface area (Å²) in [5, 5.41) is 23.1. The summed E-state index contributed by atoms with van der Waals surface area (Å²) in [6.45, 7) is 8.99. The van der Waals surface area contributed by atoms with Gasteiger partial charge in [0.1, 0.15) is 17.0 Å². The summed E-state index contributed by atoms with van der Waals surface area (Å²) in [6, 6.07) is 1.88. The Hall–Kier alpha value is -3.63. The number of hydrogen-bond donors (Lipinski definition) is 4. The quantitative estimate of drug-likeness (QED) is 0.194. The molecule has 0 aromatic carbocycles. The van der Waals surface area contributed by atoms with Crippen LogP contribution < -0.4 is 10.6 Å². The second-order valence-corrected chi connectivity index (χ2v) is 11.9. The number of aromatic nitrogens is 5. The molecule has 3 heterocycles. The Balaban J connectivity index is 1.68. The summed E-state index contributed by atoms with van der Waals surface area (Å²) in [6.07, 6.45) is 7.89. The van der Waals surface area contributed by atoms with Crippen LogP contribution >= 0.6 is 0 Å². The maximum absolute atomic E-state index is 14.6. The van der Waals surface area contributed by atoms with Crippen molar-refractivity contribution in [2.75, 3.05) is 5.32 Å². The Morgan fingerprint density at radius 1 is 1.15 bits per heavy atom. The number of carbonyl (C=O) groups is 1. The first-order valence-corrected chi connectivity index (χ1v) is 14.4. The van der Waals surface area contributed by atoms with Gasteiger partial charge in [-0.3, -0.25) is 10.7 Å². The van der Waals surface area contributed by atoms with E-state index in [-0.39, 0.29) is 23.6 Å².